The molecule has 1 aromatic carbocycles. The van der Waals surface area contributed by atoms with Crippen LogP contribution in [0.15, 0.2) is 43.0 Å². The lowest BCUT2D eigenvalue weighted by Crippen LogP contribution is -2.25. The van der Waals surface area contributed by atoms with Crippen molar-refractivity contribution in [1.82, 2.24) is 24.5 Å². The van der Waals surface area contributed by atoms with Crippen molar-refractivity contribution in [2.24, 2.45) is 0 Å². The molecular formula is C18H24N8O. The number of aromatic nitrogens is 5. The molecule has 0 aliphatic carbocycles. The second kappa shape index (κ2) is 8.95. The Morgan fingerprint density at radius 1 is 1.04 bits per heavy atom. The smallest absolute Gasteiger partial charge is 0.233 e. The normalized spacial score (nSPS) is 10.6. The largest absolute Gasteiger partial charge is 0.395 e. The van der Waals surface area contributed by atoms with Crippen molar-refractivity contribution in [1.29, 1.82) is 0 Å². The maximum absolute atomic E-state index is 9.04. The van der Waals surface area contributed by atoms with E-state index in [9.17, 15) is 0 Å². The molecule has 0 spiro atoms. The molecule has 0 atom stereocenters. The zero-order valence-corrected chi connectivity index (χ0v) is 15.5. The molecule has 0 radical (unpaired) electrons. The Morgan fingerprint density at radius 2 is 1.78 bits per heavy atom. The lowest BCUT2D eigenvalue weighted by Gasteiger charge is -2.19. The zero-order valence-electron chi connectivity index (χ0n) is 15.5. The van der Waals surface area contributed by atoms with E-state index in [1.54, 1.807) is 12.5 Å². The summed E-state index contributed by atoms with van der Waals surface area (Å²) < 4.78 is 1.93. The molecule has 2 aromatic heterocycles. The Balaban J connectivity index is 1.82. The van der Waals surface area contributed by atoms with Crippen LogP contribution in [0.3, 0.4) is 0 Å². The molecule has 0 aliphatic rings. The van der Waals surface area contributed by atoms with Gasteiger partial charge < -0.3 is 25.2 Å². The zero-order chi connectivity index (χ0) is 19.1. The quantitative estimate of drug-likeness (QED) is 0.527. The Hall–Kier alpha value is -3.20. The van der Waals surface area contributed by atoms with Gasteiger partial charge >= 0.3 is 0 Å². The predicted octanol–water partition coefficient (Wildman–Crippen LogP) is 2.05. The van der Waals surface area contributed by atoms with E-state index in [4.69, 9.17) is 5.11 Å². The molecule has 0 amide bonds. The number of rotatable bonds is 9. The fourth-order valence-corrected chi connectivity index (χ4v) is 2.57. The van der Waals surface area contributed by atoms with Gasteiger partial charge in [0.1, 0.15) is 0 Å². The highest BCUT2D eigenvalue weighted by Gasteiger charge is 2.11. The van der Waals surface area contributed by atoms with Gasteiger partial charge in [0, 0.05) is 43.4 Å². The Labute approximate surface area is 158 Å². The molecule has 27 heavy (non-hydrogen) atoms. The van der Waals surface area contributed by atoms with Gasteiger partial charge in [-0.3, -0.25) is 0 Å². The Bertz CT molecular complexity index is 831. The van der Waals surface area contributed by atoms with Gasteiger partial charge in [-0.15, -0.1) is 0 Å². The van der Waals surface area contributed by atoms with Crippen LogP contribution in [0.2, 0.25) is 0 Å². The van der Waals surface area contributed by atoms with Crippen molar-refractivity contribution in [2.75, 3.05) is 41.8 Å². The van der Waals surface area contributed by atoms with E-state index in [1.807, 2.05) is 39.9 Å². The van der Waals surface area contributed by atoms with Crippen LogP contribution in [-0.2, 0) is 0 Å². The van der Waals surface area contributed by atoms with Crippen LogP contribution in [0.4, 0.5) is 23.5 Å². The molecule has 0 unspecified atom stereocenters. The lowest BCUT2D eigenvalue weighted by molar-refractivity contribution is 0.311. The van der Waals surface area contributed by atoms with Gasteiger partial charge in [-0.05, 0) is 38.1 Å². The number of anilines is 4. The maximum atomic E-state index is 9.04. The fourth-order valence-electron chi connectivity index (χ4n) is 2.57. The first-order chi connectivity index (χ1) is 13.2. The van der Waals surface area contributed by atoms with Gasteiger partial charge in [0.05, 0.1) is 12.9 Å². The average Bonchev–Trinajstić information content (AvgIpc) is 3.23. The van der Waals surface area contributed by atoms with Gasteiger partial charge in [-0.2, -0.15) is 15.0 Å². The molecule has 142 valence electrons. The molecule has 0 aliphatic heterocycles. The molecular weight excluding hydrogens is 344 g/mol. The van der Waals surface area contributed by atoms with Crippen LogP contribution in [0.5, 0.6) is 0 Å². The van der Waals surface area contributed by atoms with Crippen LogP contribution in [0.25, 0.3) is 5.69 Å². The third kappa shape index (κ3) is 4.70. The van der Waals surface area contributed by atoms with E-state index < -0.39 is 0 Å². The van der Waals surface area contributed by atoms with Crippen LogP contribution in [0.1, 0.15) is 13.8 Å². The number of hydrogen-bond donors (Lipinski definition) is 3. The monoisotopic (exact) mass is 368 g/mol. The highest BCUT2D eigenvalue weighted by Crippen LogP contribution is 2.19. The van der Waals surface area contributed by atoms with Crippen LogP contribution in [-0.4, -0.2) is 55.9 Å². The van der Waals surface area contributed by atoms with Crippen LogP contribution in [0, 0.1) is 0 Å². The van der Waals surface area contributed by atoms with Gasteiger partial charge in [0.15, 0.2) is 0 Å². The van der Waals surface area contributed by atoms with E-state index in [0.29, 0.717) is 24.4 Å². The molecule has 3 rings (SSSR count). The summed E-state index contributed by atoms with van der Waals surface area (Å²) >= 11 is 0. The van der Waals surface area contributed by atoms with Gasteiger partial charge in [-0.1, -0.05) is 0 Å². The van der Waals surface area contributed by atoms with Crippen LogP contribution >= 0.6 is 0 Å². The minimum absolute atomic E-state index is 0.00472. The van der Waals surface area contributed by atoms with E-state index >= 15 is 0 Å². The first-order valence-electron chi connectivity index (χ1n) is 8.94. The minimum atomic E-state index is 0.00472. The highest BCUT2D eigenvalue weighted by atomic mass is 16.3. The SMILES string of the molecule is CCN(CC)c1nc(NCCO)nc(Nc2ccc(-n3ccnc3)cc2)n1. The number of aliphatic hydroxyl groups is 1. The summed E-state index contributed by atoms with van der Waals surface area (Å²) in [5.41, 5.74) is 1.88. The van der Waals surface area contributed by atoms with Crippen molar-refractivity contribution >= 4 is 23.5 Å². The number of benzene rings is 1. The van der Waals surface area contributed by atoms with Crippen molar-refractivity contribution in [2.45, 2.75) is 13.8 Å². The van der Waals surface area contributed by atoms with E-state index in [-0.39, 0.29) is 6.61 Å². The average molecular weight is 368 g/mol. The summed E-state index contributed by atoms with van der Waals surface area (Å²) in [4.78, 5) is 19.4. The molecule has 0 bridgehead atoms. The van der Waals surface area contributed by atoms with E-state index in [0.717, 1.165) is 24.5 Å². The van der Waals surface area contributed by atoms with Gasteiger partial charge in [0.2, 0.25) is 17.8 Å². The van der Waals surface area contributed by atoms with Gasteiger partial charge in [-0.25, -0.2) is 4.98 Å². The third-order valence-corrected chi connectivity index (χ3v) is 3.99. The standard InChI is InChI=1S/C18H24N8O/c1-3-25(4-2)18-23-16(20-10-12-27)22-17(24-18)21-14-5-7-15(8-6-14)26-11-9-19-13-26/h5-9,11,13,27H,3-4,10,12H2,1-2H3,(H2,20,21,22,23,24). The summed E-state index contributed by atoms with van der Waals surface area (Å²) in [6.07, 6.45) is 5.39. The van der Waals surface area contributed by atoms with Crippen molar-refractivity contribution in [3.63, 3.8) is 0 Å². The highest BCUT2D eigenvalue weighted by molar-refractivity contribution is 5.57. The Kier molecular flexibility index (Phi) is 6.16. The molecule has 0 fully saturated rings. The number of imidazole rings is 1. The minimum Gasteiger partial charge on any atom is -0.395 e. The van der Waals surface area contributed by atoms with Crippen molar-refractivity contribution < 1.29 is 5.11 Å². The van der Waals surface area contributed by atoms with Crippen molar-refractivity contribution in [3.8, 4) is 5.69 Å². The number of hydrogen-bond acceptors (Lipinski definition) is 8. The lowest BCUT2D eigenvalue weighted by atomic mass is 10.3. The van der Waals surface area contributed by atoms with Crippen molar-refractivity contribution in [3.05, 3.63) is 43.0 Å². The maximum Gasteiger partial charge on any atom is 0.233 e. The topological polar surface area (TPSA) is 104 Å². The summed E-state index contributed by atoms with van der Waals surface area (Å²) in [7, 11) is 0. The second-order valence-electron chi connectivity index (χ2n) is 5.75. The summed E-state index contributed by atoms with van der Waals surface area (Å²) in [6.45, 7) is 6.07. The molecule has 3 aromatic rings. The van der Waals surface area contributed by atoms with E-state index in [2.05, 4.69) is 44.4 Å². The predicted molar refractivity (Wildman–Crippen MR) is 106 cm³/mol. The summed E-state index contributed by atoms with van der Waals surface area (Å²) in [5, 5.41) is 15.3. The number of nitrogens with zero attached hydrogens (tertiary/aromatic N) is 6. The molecule has 0 saturated carbocycles. The first-order valence-corrected chi connectivity index (χ1v) is 8.94. The number of nitrogens with one attached hydrogen (secondary N) is 2. The summed E-state index contributed by atoms with van der Waals surface area (Å²) in [5.74, 6) is 1.47. The Morgan fingerprint density at radius 3 is 2.41 bits per heavy atom. The molecule has 0 saturated heterocycles. The molecule has 9 heteroatoms. The number of aliphatic hydroxyl groups excluding tert-OH is 1. The fraction of sp³-hybridized carbons (Fsp3) is 0.333. The third-order valence-electron chi connectivity index (χ3n) is 3.99. The molecule has 2 heterocycles. The van der Waals surface area contributed by atoms with Crippen LogP contribution < -0.4 is 15.5 Å². The summed E-state index contributed by atoms with van der Waals surface area (Å²) in [6, 6.07) is 7.89. The molecule has 9 nitrogen and oxygen atoms in total. The molecule has 3 N–H and O–H groups in total. The van der Waals surface area contributed by atoms with Gasteiger partial charge in [0.25, 0.3) is 0 Å². The second-order valence-corrected chi connectivity index (χ2v) is 5.75. The van der Waals surface area contributed by atoms with E-state index in [1.165, 1.54) is 0 Å². The first kappa shape index (κ1) is 18.6.